The van der Waals surface area contributed by atoms with Gasteiger partial charge in [0.05, 0.1) is 12.5 Å². The number of rotatable bonds is 8. The molecule has 2 aromatic carbocycles. The van der Waals surface area contributed by atoms with E-state index in [9.17, 15) is 9.59 Å². The lowest BCUT2D eigenvalue weighted by Crippen LogP contribution is -2.31. The van der Waals surface area contributed by atoms with Crippen LogP contribution in [0.15, 0.2) is 60.8 Å². The molecule has 1 unspecified atom stereocenters. The van der Waals surface area contributed by atoms with Gasteiger partial charge in [0.15, 0.2) is 11.6 Å². The summed E-state index contributed by atoms with van der Waals surface area (Å²) >= 11 is 6.40. The van der Waals surface area contributed by atoms with Crippen molar-refractivity contribution in [2.24, 2.45) is 11.7 Å². The standard InChI is InChI=1S/C26H26ClN3O3/c1-16(18-6-4-3-5-7-18)26(32)30(2)25-23(33-15-17-8-9-17)13-20(14-29-25)21-12-19(24(28)31)10-11-22(21)27/h3-7,10-14,16-17H,8-9,15H2,1-2H3,(H2,28,31). The Morgan fingerprint density at radius 3 is 2.58 bits per heavy atom. The molecule has 1 aromatic heterocycles. The molecule has 1 fully saturated rings. The number of nitrogens with two attached hydrogens (primary N) is 1. The van der Waals surface area contributed by atoms with Crippen LogP contribution in [0.5, 0.6) is 5.75 Å². The maximum absolute atomic E-state index is 13.2. The Bertz CT molecular complexity index is 1180. The number of ether oxygens (including phenoxy) is 1. The minimum absolute atomic E-state index is 0.0912. The molecule has 0 aliphatic heterocycles. The fourth-order valence-electron chi connectivity index (χ4n) is 3.61. The molecule has 0 spiro atoms. The number of carbonyl (C=O) groups is 2. The molecule has 7 heteroatoms. The van der Waals surface area contributed by atoms with Gasteiger partial charge in [0.25, 0.3) is 0 Å². The van der Waals surface area contributed by atoms with Crippen LogP contribution < -0.4 is 15.4 Å². The first-order valence-electron chi connectivity index (χ1n) is 10.9. The Hall–Kier alpha value is -3.38. The van der Waals surface area contributed by atoms with Gasteiger partial charge in [-0.25, -0.2) is 4.98 Å². The molecule has 3 aromatic rings. The van der Waals surface area contributed by atoms with Gasteiger partial charge in [-0.05, 0) is 55.5 Å². The SMILES string of the molecule is CC(C(=O)N(C)c1ncc(-c2cc(C(N)=O)ccc2Cl)cc1OCC1CC1)c1ccccc1. The van der Waals surface area contributed by atoms with Gasteiger partial charge < -0.3 is 10.5 Å². The van der Waals surface area contributed by atoms with Gasteiger partial charge in [-0.2, -0.15) is 0 Å². The molecule has 1 aliphatic carbocycles. The number of halogens is 1. The largest absolute Gasteiger partial charge is 0.489 e. The van der Waals surface area contributed by atoms with Crippen molar-refractivity contribution in [2.45, 2.75) is 25.7 Å². The Balaban J connectivity index is 1.68. The van der Waals surface area contributed by atoms with Crippen molar-refractivity contribution in [2.75, 3.05) is 18.6 Å². The fraction of sp³-hybridized carbons (Fsp3) is 0.269. The number of likely N-dealkylation sites (N-methyl/N-ethyl adjacent to an activating group) is 1. The summed E-state index contributed by atoms with van der Waals surface area (Å²) in [6, 6.07) is 16.3. The fourth-order valence-corrected chi connectivity index (χ4v) is 3.84. The second-order valence-corrected chi connectivity index (χ2v) is 8.80. The predicted octanol–water partition coefficient (Wildman–Crippen LogP) is 5.06. The lowest BCUT2D eigenvalue weighted by molar-refractivity contribution is -0.119. The number of nitrogens with zero attached hydrogens (tertiary/aromatic N) is 2. The molecule has 6 nitrogen and oxygen atoms in total. The van der Waals surface area contributed by atoms with E-state index in [0.717, 1.165) is 18.4 Å². The Morgan fingerprint density at radius 2 is 1.91 bits per heavy atom. The van der Waals surface area contributed by atoms with Crippen molar-refractivity contribution in [1.82, 2.24) is 4.98 Å². The van der Waals surface area contributed by atoms with Gasteiger partial charge in [0.1, 0.15) is 0 Å². The Labute approximate surface area is 198 Å². The number of hydrogen-bond donors (Lipinski definition) is 1. The molecular weight excluding hydrogens is 438 g/mol. The number of hydrogen-bond acceptors (Lipinski definition) is 4. The molecule has 0 bridgehead atoms. The maximum Gasteiger partial charge on any atom is 0.248 e. The van der Waals surface area contributed by atoms with Crippen molar-refractivity contribution in [3.63, 3.8) is 0 Å². The third-order valence-electron chi connectivity index (χ3n) is 5.88. The van der Waals surface area contributed by atoms with E-state index in [1.54, 1.807) is 31.4 Å². The van der Waals surface area contributed by atoms with Gasteiger partial charge in [-0.15, -0.1) is 0 Å². The second kappa shape index (κ2) is 9.63. The lowest BCUT2D eigenvalue weighted by Gasteiger charge is -2.23. The first-order valence-corrected chi connectivity index (χ1v) is 11.3. The zero-order valence-corrected chi connectivity index (χ0v) is 19.4. The zero-order valence-electron chi connectivity index (χ0n) is 18.6. The van der Waals surface area contributed by atoms with Crippen LogP contribution in [0, 0.1) is 5.92 Å². The van der Waals surface area contributed by atoms with Crippen molar-refractivity contribution >= 4 is 29.2 Å². The average molecular weight is 464 g/mol. The van der Waals surface area contributed by atoms with E-state index in [1.807, 2.05) is 43.3 Å². The highest BCUT2D eigenvalue weighted by molar-refractivity contribution is 6.33. The molecule has 1 aliphatic rings. The topological polar surface area (TPSA) is 85.5 Å². The van der Waals surface area contributed by atoms with Crippen molar-refractivity contribution in [3.8, 4) is 16.9 Å². The van der Waals surface area contributed by atoms with E-state index in [4.69, 9.17) is 22.1 Å². The van der Waals surface area contributed by atoms with Gasteiger partial charge in [-0.1, -0.05) is 41.9 Å². The molecule has 0 saturated heterocycles. The van der Waals surface area contributed by atoms with E-state index in [2.05, 4.69) is 4.98 Å². The number of carbonyl (C=O) groups excluding carboxylic acids is 2. The van der Waals surface area contributed by atoms with Gasteiger partial charge >= 0.3 is 0 Å². The van der Waals surface area contributed by atoms with Crippen LogP contribution in [0.1, 0.15) is 41.6 Å². The third kappa shape index (κ3) is 5.17. The van der Waals surface area contributed by atoms with Crippen LogP contribution in [0.3, 0.4) is 0 Å². The van der Waals surface area contributed by atoms with E-state index < -0.39 is 5.91 Å². The monoisotopic (exact) mass is 463 g/mol. The summed E-state index contributed by atoms with van der Waals surface area (Å²) in [6.45, 7) is 2.44. The van der Waals surface area contributed by atoms with E-state index in [-0.39, 0.29) is 11.8 Å². The summed E-state index contributed by atoms with van der Waals surface area (Å²) < 4.78 is 6.11. The number of aromatic nitrogens is 1. The summed E-state index contributed by atoms with van der Waals surface area (Å²) in [7, 11) is 1.70. The molecule has 2 amide bonds. The molecule has 1 saturated carbocycles. The number of amides is 2. The highest BCUT2D eigenvalue weighted by atomic mass is 35.5. The average Bonchev–Trinajstić information content (AvgIpc) is 3.66. The smallest absolute Gasteiger partial charge is 0.248 e. The summed E-state index contributed by atoms with van der Waals surface area (Å²) in [5, 5.41) is 0.463. The predicted molar refractivity (Wildman–Crippen MR) is 130 cm³/mol. The zero-order chi connectivity index (χ0) is 23.5. The van der Waals surface area contributed by atoms with Crippen LogP contribution in [0.2, 0.25) is 5.02 Å². The van der Waals surface area contributed by atoms with Crippen LogP contribution in [-0.4, -0.2) is 30.5 Å². The number of anilines is 1. The summed E-state index contributed by atoms with van der Waals surface area (Å²) in [6.07, 6.45) is 3.89. The van der Waals surface area contributed by atoms with Crippen LogP contribution in [0.25, 0.3) is 11.1 Å². The molecule has 0 radical (unpaired) electrons. The molecule has 4 rings (SSSR count). The summed E-state index contributed by atoms with van der Waals surface area (Å²) in [5.74, 6) is 0.489. The second-order valence-electron chi connectivity index (χ2n) is 8.39. The first-order chi connectivity index (χ1) is 15.8. The highest BCUT2D eigenvalue weighted by Gasteiger charge is 2.26. The summed E-state index contributed by atoms with van der Waals surface area (Å²) in [4.78, 5) is 31.0. The van der Waals surface area contributed by atoms with Gasteiger partial charge in [-0.3, -0.25) is 14.5 Å². The normalized spacial score (nSPS) is 13.9. The van der Waals surface area contributed by atoms with Gasteiger partial charge in [0.2, 0.25) is 11.8 Å². The van der Waals surface area contributed by atoms with Crippen LogP contribution in [-0.2, 0) is 4.79 Å². The number of primary amides is 1. The third-order valence-corrected chi connectivity index (χ3v) is 6.21. The minimum Gasteiger partial charge on any atom is -0.489 e. The van der Waals surface area contributed by atoms with Gasteiger partial charge in [0, 0.05) is 35.0 Å². The maximum atomic E-state index is 13.2. The minimum atomic E-state index is -0.539. The molecule has 1 heterocycles. The number of benzene rings is 2. The van der Waals surface area contributed by atoms with E-state index >= 15 is 0 Å². The van der Waals surface area contributed by atoms with E-state index in [1.165, 1.54) is 4.90 Å². The molecular formula is C26H26ClN3O3. The van der Waals surface area contributed by atoms with E-state index in [0.29, 0.717) is 45.8 Å². The van der Waals surface area contributed by atoms with Crippen molar-refractivity contribution < 1.29 is 14.3 Å². The van der Waals surface area contributed by atoms with Crippen LogP contribution >= 0.6 is 11.6 Å². The summed E-state index contributed by atoms with van der Waals surface area (Å²) in [5.41, 5.74) is 8.01. The quantitative estimate of drug-likeness (QED) is 0.506. The number of pyridine rings is 1. The molecule has 2 N–H and O–H groups in total. The van der Waals surface area contributed by atoms with Crippen molar-refractivity contribution in [3.05, 3.63) is 76.9 Å². The lowest BCUT2D eigenvalue weighted by atomic mass is 10.00. The Kier molecular flexibility index (Phi) is 6.65. The van der Waals surface area contributed by atoms with Crippen LogP contribution in [0.4, 0.5) is 5.82 Å². The molecule has 1 atom stereocenters. The Morgan fingerprint density at radius 1 is 1.18 bits per heavy atom. The molecule has 33 heavy (non-hydrogen) atoms. The first kappa shape index (κ1) is 22.8. The van der Waals surface area contributed by atoms with Crippen molar-refractivity contribution in [1.29, 1.82) is 0 Å². The molecule has 170 valence electrons. The highest BCUT2D eigenvalue weighted by Crippen LogP contribution is 2.37.